The quantitative estimate of drug-likeness (QED) is 0.772. The lowest BCUT2D eigenvalue weighted by Crippen LogP contribution is -2.42. The summed E-state index contributed by atoms with van der Waals surface area (Å²) in [6.45, 7) is 0.526. The van der Waals surface area contributed by atoms with Crippen LogP contribution in [0.3, 0.4) is 0 Å². The molecule has 138 valence electrons. The largest absolute Gasteiger partial charge is 0.494 e. The Kier molecular flexibility index (Phi) is 6.75. The van der Waals surface area contributed by atoms with E-state index < -0.39 is 5.82 Å². The molecular formula is C18H26FN3O3. The van der Waals surface area contributed by atoms with Crippen molar-refractivity contribution in [2.75, 3.05) is 27.7 Å². The van der Waals surface area contributed by atoms with E-state index in [4.69, 9.17) is 4.74 Å². The molecular weight excluding hydrogens is 325 g/mol. The van der Waals surface area contributed by atoms with Gasteiger partial charge in [0.2, 0.25) is 11.8 Å². The number of benzene rings is 1. The molecule has 2 atom stereocenters. The molecule has 1 aliphatic rings. The molecule has 0 spiro atoms. The van der Waals surface area contributed by atoms with Crippen LogP contribution < -0.4 is 15.4 Å². The summed E-state index contributed by atoms with van der Waals surface area (Å²) in [5.41, 5.74) is 0.605. The molecule has 0 aliphatic carbocycles. The first kappa shape index (κ1) is 19.2. The molecule has 1 fully saturated rings. The zero-order valence-corrected chi connectivity index (χ0v) is 15.0. The minimum Gasteiger partial charge on any atom is -0.494 e. The maximum Gasteiger partial charge on any atom is 0.224 e. The highest BCUT2D eigenvalue weighted by atomic mass is 19.1. The Morgan fingerprint density at radius 3 is 2.64 bits per heavy atom. The maximum atomic E-state index is 13.7. The summed E-state index contributed by atoms with van der Waals surface area (Å²) >= 11 is 0. The van der Waals surface area contributed by atoms with Gasteiger partial charge < -0.3 is 15.4 Å². The van der Waals surface area contributed by atoms with Crippen LogP contribution in [0.15, 0.2) is 18.2 Å². The van der Waals surface area contributed by atoms with Gasteiger partial charge in [-0.05, 0) is 37.6 Å². The SMILES string of the molecule is CNC(=O)C[C@H]1CC[C@@H](CNC(=O)Cc2ccc(OC)c(F)c2)N1C. The van der Waals surface area contributed by atoms with Crippen LogP contribution in [0.2, 0.25) is 0 Å². The van der Waals surface area contributed by atoms with E-state index in [0.29, 0.717) is 18.5 Å². The summed E-state index contributed by atoms with van der Waals surface area (Å²) in [5, 5.41) is 5.55. The molecule has 0 radical (unpaired) electrons. The number of halogens is 1. The summed E-state index contributed by atoms with van der Waals surface area (Å²) in [6.07, 6.45) is 2.48. The second-order valence-electron chi connectivity index (χ2n) is 6.38. The summed E-state index contributed by atoms with van der Waals surface area (Å²) in [5.74, 6) is -0.421. The Hall–Kier alpha value is -2.15. The molecule has 2 amide bonds. The van der Waals surface area contributed by atoms with Gasteiger partial charge in [-0.1, -0.05) is 6.07 Å². The molecule has 1 aliphatic heterocycles. The molecule has 1 aromatic rings. The molecule has 2 rings (SSSR count). The maximum absolute atomic E-state index is 13.7. The Labute approximate surface area is 147 Å². The summed E-state index contributed by atoms with van der Waals surface area (Å²) in [6, 6.07) is 4.94. The van der Waals surface area contributed by atoms with Crippen molar-refractivity contribution in [3.8, 4) is 5.75 Å². The molecule has 7 heteroatoms. The number of nitrogens with zero attached hydrogens (tertiary/aromatic N) is 1. The predicted molar refractivity (Wildman–Crippen MR) is 92.9 cm³/mol. The van der Waals surface area contributed by atoms with Crippen molar-refractivity contribution in [1.82, 2.24) is 15.5 Å². The van der Waals surface area contributed by atoms with Crippen molar-refractivity contribution >= 4 is 11.8 Å². The fourth-order valence-electron chi connectivity index (χ4n) is 3.20. The second-order valence-corrected chi connectivity index (χ2v) is 6.38. The van der Waals surface area contributed by atoms with Gasteiger partial charge >= 0.3 is 0 Å². The van der Waals surface area contributed by atoms with Crippen molar-refractivity contribution in [3.63, 3.8) is 0 Å². The number of carbonyl (C=O) groups excluding carboxylic acids is 2. The third kappa shape index (κ3) is 5.16. The first-order valence-corrected chi connectivity index (χ1v) is 8.46. The van der Waals surface area contributed by atoms with E-state index in [-0.39, 0.29) is 36.1 Å². The van der Waals surface area contributed by atoms with Crippen LogP contribution in [0, 0.1) is 5.82 Å². The van der Waals surface area contributed by atoms with Gasteiger partial charge in [0.15, 0.2) is 11.6 Å². The molecule has 2 N–H and O–H groups in total. The van der Waals surface area contributed by atoms with E-state index >= 15 is 0 Å². The van der Waals surface area contributed by atoms with E-state index in [1.165, 1.54) is 19.2 Å². The summed E-state index contributed by atoms with van der Waals surface area (Å²) in [7, 11) is 5.02. The first-order valence-electron chi connectivity index (χ1n) is 8.46. The van der Waals surface area contributed by atoms with Crippen LogP contribution in [0.5, 0.6) is 5.75 Å². The predicted octanol–water partition coefficient (Wildman–Crippen LogP) is 1.09. The van der Waals surface area contributed by atoms with Crippen molar-refractivity contribution < 1.29 is 18.7 Å². The van der Waals surface area contributed by atoms with E-state index in [2.05, 4.69) is 15.5 Å². The van der Waals surface area contributed by atoms with Gasteiger partial charge in [0.25, 0.3) is 0 Å². The second kappa shape index (κ2) is 8.80. The third-order valence-corrected chi connectivity index (χ3v) is 4.80. The van der Waals surface area contributed by atoms with Crippen LogP contribution in [-0.2, 0) is 16.0 Å². The molecule has 25 heavy (non-hydrogen) atoms. The minimum atomic E-state index is -0.472. The molecule has 0 aromatic heterocycles. The standard InChI is InChI=1S/C18H26FN3O3/c1-20-17(23)10-13-5-6-14(22(13)2)11-21-18(24)9-12-4-7-16(25-3)15(19)8-12/h4,7-8,13-14H,5-6,9-11H2,1-3H3,(H,20,23)(H,21,24)/t13-,14+/m1/s1. The zero-order chi connectivity index (χ0) is 18.4. The van der Waals surface area contributed by atoms with E-state index in [9.17, 15) is 14.0 Å². The van der Waals surface area contributed by atoms with Crippen LogP contribution in [0.25, 0.3) is 0 Å². The number of methoxy groups -OCH3 is 1. The normalized spacial score (nSPS) is 20.3. The summed E-state index contributed by atoms with van der Waals surface area (Å²) < 4.78 is 18.5. The van der Waals surface area contributed by atoms with E-state index in [1.807, 2.05) is 7.05 Å². The average molecular weight is 351 g/mol. The Balaban J connectivity index is 1.80. The van der Waals surface area contributed by atoms with Gasteiger partial charge in [0.1, 0.15) is 0 Å². The van der Waals surface area contributed by atoms with Crippen LogP contribution >= 0.6 is 0 Å². The highest BCUT2D eigenvalue weighted by Gasteiger charge is 2.31. The Morgan fingerprint density at radius 1 is 1.28 bits per heavy atom. The van der Waals surface area contributed by atoms with Gasteiger partial charge in [0.05, 0.1) is 13.5 Å². The van der Waals surface area contributed by atoms with Crippen molar-refractivity contribution in [2.45, 2.75) is 37.8 Å². The van der Waals surface area contributed by atoms with Gasteiger partial charge in [-0.15, -0.1) is 0 Å². The third-order valence-electron chi connectivity index (χ3n) is 4.80. The van der Waals surface area contributed by atoms with Gasteiger partial charge in [-0.2, -0.15) is 0 Å². The van der Waals surface area contributed by atoms with Crippen LogP contribution in [-0.4, -0.2) is 56.5 Å². The molecule has 1 aromatic carbocycles. The summed E-state index contributed by atoms with van der Waals surface area (Å²) in [4.78, 5) is 25.8. The lowest BCUT2D eigenvalue weighted by Gasteiger charge is -2.25. The molecule has 0 saturated carbocycles. The number of likely N-dealkylation sites (tertiary alicyclic amines) is 1. The number of nitrogens with one attached hydrogen (secondary N) is 2. The molecule has 0 unspecified atom stereocenters. The van der Waals surface area contributed by atoms with Crippen molar-refractivity contribution in [3.05, 3.63) is 29.6 Å². The van der Waals surface area contributed by atoms with E-state index in [0.717, 1.165) is 12.8 Å². The fraction of sp³-hybridized carbons (Fsp3) is 0.556. The number of hydrogen-bond donors (Lipinski definition) is 2. The number of amides is 2. The highest BCUT2D eigenvalue weighted by Crippen LogP contribution is 2.24. The number of rotatable bonds is 7. The van der Waals surface area contributed by atoms with E-state index in [1.54, 1.807) is 13.1 Å². The zero-order valence-electron chi connectivity index (χ0n) is 15.0. The van der Waals surface area contributed by atoms with Crippen LogP contribution in [0.4, 0.5) is 4.39 Å². The topological polar surface area (TPSA) is 70.7 Å². The smallest absolute Gasteiger partial charge is 0.224 e. The Bertz CT molecular complexity index is 624. The lowest BCUT2D eigenvalue weighted by molar-refractivity contribution is -0.122. The van der Waals surface area contributed by atoms with Gasteiger partial charge in [-0.3, -0.25) is 14.5 Å². The minimum absolute atomic E-state index is 0.0306. The number of likely N-dealkylation sites (N-methyl/N-ethyl adjacent to an activating group) is 1. The number of carbonyl (C=O) groups is 2. The van der Waals surface area contributed by atoms with Gasteiger partial charge in [-0.25, -0.2) is 4.39 Å². The van der Waals surface area contributed by atoms with Crippen molar-refractivity contribution in [2.24, 2.45) is 0 Å². The van der Waals surface area contributed by atoms with Gasteiger partial charge in [0, 0.05) is 32.1 Å². The molecule has 0 bridgehead atoms. The highest BCUT2D eigenvalue weighted by molar-refractivity contribution is 5.78. The molecule has 1 saturated heterocycles. The monoisotopic (exact) mass is 351 g/mol. The number of hydrogen-bond acceptors (Lipinski definition) is 4. The molecule has 6 nitrogen and oxygen atoms in total. The van der Waals surface area contributed by atoms with Crippen LogP contribution in [0.1, 0.15) is 24.8 Å². The molecule has 1 heterocycles. The average Bonchev–Trinajstić information content (AvgIpc) is 2.93. The first-order chi connectivity index (χ1) is 11.9. The lowest BCUT2D eigenvalue weighted by atomic mass is 10.1. The Morgan fingerprint density at radius 2 is 2.00 bits per heavy atom. The number of ether oxygens (including phenoxy) is 1. The van der Waals surface area contributed by atoms with Crippen molar-refractivity contribution in [1.29, 1.82) is 0 Å². The fourth-order valence-corrected chi connectivity index (χ4v) is 3.20.